The van der Waals surface area contributed by atoms with Gasteiger partial charge in [0.2, 0.25) is 0 Å². The summed E-state index contributed by atoms with van der Waals surface area (Å²) in [5, 5.41) is 10.7. The predicted octanol–water partition coefficient (Wildman–Crippen LogP) is -0.573. The van der Waals surface area contributed by atoms with Gasteiger partial charge >= 0.3 is 0 Å². The smallest absolute Gasteiger partial charge is 0.154 e. The van der Waals surface area contributed by atoms with Gasteiger partial charge in [0.1, 0.15) is 11.7 Å². The maximum atomic E-state index is 10.7. The molecule has 0 heterocycles. The molecule has 1 rings (SSSR count). The Balaban J connectivity index is 3.11. The van der Waals surface area contributed by atoms with Crippen molar-refractivity contribution in [3.05, 3.63) is 29.3 Å². The van der Waals surface area contributed by atoms with E-state index in [4.69, 9.17) is 4.74 Å². The van der Waals surface area contributed by atoms with Crippen molar-refractivity contribution < 1.29 is 20.4 Å². The van der Waals surface area contributed by atoms with Crippen LogP contribution in [-0.2, 0) is 4.79 Å². The summed E-state index contributed by atoms with van der Waals surface area (Å²) in [6.07, 6.45) is 0. The molecule has 0 radical (unpaired) electrons. The molecule has 0 unspecified atom stereocenters. The first-order chi connectivity index (χ1) is 7.06. The van der Waals surface area contributed by atoms with Crippen LogP contribution < -0.4 is 15.6 Å². The summed E-state index contributed by atoms with van der Waals surface area (Å²) >= 11 is 0. The quantitative estimate of drug-likeness (QED) is 0.721. The number of carboxylic acids is 1. The van der Waals surface area contributed by atoms with Crippen molar-refractivity contribution in [1.29, 1.82) is 0 Å². The van der Waals surface area contributed by atoms with Crippen LogP contribution in [0, 0.1) is 6.92 Å². The average Bonchev–Trinajstić information content (AvgIpc) is 2.20. The van der Waals surface area contributed by atoms with Crippen LogP contribution in [0.3, 0.4) is 0 Å². The van der Waals surface area contributed by atoms with Gasteiger partial charge in [-0.3, -0.25) is 0 Å². The van der Waals surface area contributed by atoms with E-state index in [9.17, 15) is 9.90 Å². The zero-order valence-electron chi connectivity index (χ0n) is 8.95. The van der Waals surface area contributed by atoms with Gasteiger partial charge < -0.3 is 20.4 Å². The van der Waals surface area contributed by atoms with Gasteiger partial charge in [-0.1, -0.05) is 11.6 Å². The number of hydrogen-bond donors (Lipinski definition) is 1. The summed E-state index contributed by atoms with van der Waals surface area (Å²) in [4.78, 5) is 10.7. The van der Waals surface area contributed by atoms with E-state index in [0.717, 1.165) is 5.56 Å². The summed E-state index contributed by atoms with van der Waals surface area (Å²) in [6.45, 7) is 4.23. The molecule has 0 bridgehead atoms. The number of quaternary nitrogens is 1. The van der Waals surface area contributed by atoms with Crippen molar-refractivity contribution in [2.75, 3.05) is 6.61 Å². The highest BCUT2D eigenvalue weighted by atomic mass is 16.5. The summed E-state index contributed by atoms with van der Waals surface area (Å²) in [5.41, 5.74) is 5.09. The number of carboxylic acid groups (broad SMARTS) is 1. The van der Waals surface area contributed by atoms with Crippen molar-refractivity contribution in [2.45, 2.75) is 19.9 Å². The second-order valence-corrected chi connectivity index (χ2v) is 3.35. The van der Waals surface area contributed by atoms with E-state index in [1.807, 2.05) is 19.9 Å². The van der Waals surface area contributed by atoms with Crippen LogP contribution in [0.1, 0.15) is 24.1 Å². The fourth-order valence-corrected chi connectivity index (χ4v) is 1.35. The number of carbonyl (C=O) groups is 1. The Hall–Kier alpha value is -1.55. The van der Waals surface area contributed by atoms with Crippen LogP contribution in [0.25, 0.3) is 0 Å². The van der Waals surface area contributed by atoms with Crippen molar-refractivity contribution >= 4 is 5.97 Å². The zero-order valence-corrected chi connectivity index (χ0v) is 8.95. The molecular formula is C11H15NO3. The lowest BCUT2D eigenvalue weighted by molar-refractivity contribution is -0.443. The Kier molecular flexibility index (Phi) is 3.68. The molecule has 4 heteroatoms. The first-order valence-corrected chi connectivity index (χ1v) is 4.83. The van der Waals surface area contributed by atoms with E-state index < -0.39 is 12.0 Å². The average molecular weight is 209 g/mol. The van der Waals surface area contributed by atoms with Gasteiger partial charge in [-0.25, -0.2) is 0 Å². The highest BCUT2D eigenvalue weighted by Gasteiger charge is 2.16. The molecule has 0 saturated carbocycles. The second kappa shape index (κ2) is 4.79. The van der Waals surface area contributed by atoms with Crippen LogP contribution in [0.15, 0.2) is 18.2 Å². The third kappa shape index (κ3) is 2.70. The van der Waals surface area contributed by atoms with Gasteiger partial charge in [0, 0.05) is 0 Å². The Morgan fingerprint density at radius 2 is 2.27 bits per heavy atom. The molecule has 0 aromatic heterocycles. The molecule has 0 saturated heterocycles. The number of hydrogen-bond acceptors (Lipinski definition) is 3. The molecule has 82 valence electrons. The van der Waals surface area contributed by atoms with Crippen LogP contribution in [0.4, 0.5) is 0 Å². The molecule has 15 heavy (non-hydrogen) atoms. The number of aliphatic carboxylic acids is 1. The first-order valence-electron chi connectivity index (χ1n) is 4.83. The van der Waals surface area contributed by atoms with Gasteiger partial charge in [0.15, 0.2) is 6.04 Å². The normalized spacial score (nSPS) is 12.2. The first kappa shape index (κ1) is 11.5. The van der Waals surface area contributed by atoms with E-state index in [1.54, 1.807) is 12.1 Å². The molecule has 0 amide bonds. The number of carbonyl (C=O) groups excluding carboxylic acids is 1. The number of rotatable bonds is 4. The maximum Gasteiger partial charge on any atom is 0.154 e. The summed E-state index contributed by atoms with van der Waals surface area (Å²) < 4.78 is 5.33. The fourth-order valence-electron chi connectivity index (χ4n) is 1.35. The van der Waals surface area contributed by atoms with Crippen molar-refractivity contribution in [3.63, 3.8) is 0 Å². The number of ether oxygens (including phenoxy) is 1. The SMILES string of the molecule is CCOc1ccc(C)cc1[C@H]([NH3+])C(=O)[O-]. The molecule has 4 nitrogen and oxygen atoms in total. The second-order valence-electron chi connectivity index (χ2n) is 3.35. The van der Waals surface area contributed by atoms with Crippen LogP contribution >= 0.6 is 0 Å². The van der Waals surface area contributed by atoms with E-state index in [0.29, 0.717) is 17.9 Å². The van der Waals surface area contributed by atoms with Crippen molar-refractivity contribution in [3.8, 4) is 5.75 Å². The van der Waals surface area contributed by atoms with Gasteiger partial charge in [0.25, 0.3) is 0 Å². The molecular weight excluding hydrogens is 194 g/mol. The lowest BCUT2D eigenvalue weighted by Gasteiger charge is -2.15. The summed E-state index contributed by atoms with van der Waals surface area (Å²) in [6, 6.07) is 4.50. The Morgan fingerprint density at radius 1 is 1.60 bits per heavy atom. The summed E-state index contributed by atoms with van der Waals surface area (Å²) in [5.74, 6) is -0.631. The Bertz CT molecular complexity index is 363. The largest absolute Gasteiger partial charge is 0.544 e. The van der Waals surface area contributed by atoms with Crippen molar-refractivity contribution in [2.24, 2.45) is 0 Å². The molecule has 1 aromatic carbocycles. The van der Waals surface area contributed by atoms with E-state index in [-0.39, 0.29) is 0 Å². The van der Waals surface area contributed by atoms with E-state index in [2.05, 4.69) is 5.73 Å². The van der Waals surface area contributed by atoms with E-state index >= 15 is 0 Å². The van der Waals surface area contributed by atoms with Crippen LogP contribution in [-0.4, -0.2) is 12.6 Å². The Labute approximate surface area is 88.7 Å². The standard InChI is InChI=1S/C11H15NO3/c1-3-15-9-5-4-7(2)6-8(9)10(12)11(13)14/h4-6,10H,3,12H2,1-2H3,(H,13,14)/t10-/m0/s1. The highest BCUT2D eigenvalue weighted by Crippen LogP contribution is 2.24. The minimum Gasteiger partial charge on any atom is -0.544 e. The topological polar surface area (TPSA) is 77.0 Å². The highest BCUT2D eigenvalue weighted by molar-refractivity contribution is 5.72. The lowest BCUT2D eigenvalue weighted by Crippen LogP contribution is -2.61. The maximum absolute atomic E-state index is 10.7. The molecule has 0 spiro atoms. The number of benzene rings is 1. The van der Waals surface area contributed by atoms with Crippen LogP contribution in [0.2, 0.25) is 0 Å². The van der Waals surface area contributed by atoms with E-state index in [1.165, 1.54) is 0 Å². The van der Waals surface area contributed by atoms with Crippen LogP contribution in [0.5, 0.6) is 5.75 Å². The van der Waals surface area contributed by atoms with Gasteiger partial charge in [-0.15, -0.1) is 0 Å². The lowest BCUT2D eigenvalue weighted by atomic mass is 10.0. The zero-order chi connectivity index (χ0) is 11.4. The minimum absolute atomic E-state index is 0.496. The summed E-state index contributed by atoms with van der Waals surface area (Å²) in [7, 11) is 0. The third-order valence-corrected chi connectivity index (χ3v) is 2.13. The molecule has 1 aromatic rings. The molecule has 1 atom stereocenters. The monoisotopic (exact) mass is 209 g/mol. The van der Waals surface area contributed by atoms with Crippen molar-refractivity contribution in [1.82, 2.24) is 0 Å². The van der Waals surface area contributed by atoms with Gasteiger partial charge in [-0.05, 0) is 26.0 Å². The number of aryl methyl sites for hydroxylation is 1. The molecule has 0 aliphatic carbocycles. The fraction of sp³-hybridized carbons (Fsp3) is 0.364. The molecule has 0 aliphatic rings. The third-order valence-electron chi connectivity index (χ3n) is 2.13. The Morgan fingerprint density at radius 3 is 2.80 bits per heavy atom. The van der Waals surface area contributed by atoms with Gasteiger partial charge in [0.05, 0.1) is 12.2 Å². The molecule has 0 fully saturated rings. The molecule has 0 aliphatic heterocycles. The van der Waals surface area contributed by atoms with Gasteiger partial charge in [-0.2, -0.15) is 0 Å². The molecule has 3 N–H and O–H groups in total. The minimum atomic E-state index is -1.19. The predicted molar refractivity (Wildman–Crippen MR) is 53.0 cm³/mol.